The van der Waals surface area contributed by atoms with Crippen LogP contribution >= 0.6 is 0 Å². The van der Waals surface area contributed by atoms with Crippen LogP contribution in [0.5, 0.6) is 0 Å². The molecule has 1 aromatic rings. The topological polar surface area (TPSA) is 39.1 Å². The molecule has 14 heavy (non-hydrogen) atoms. The van der Waals surface area contributed by atoms with Crippen molar-refractivity contribution >= 4 is 0 Å². The third-order valence-electron chi connectivity index (χ3n) is 2.83. The van der Waals surface area contributed by atoms with Crippen LogP contribution in [0.3, 0.4) is 0 Å². The number of ether oxygens (including phenoxy) is 1. The molecule has 4 nitrogen and oxygen atoms in total. The minimum absolute atomic E-state index is 0.269. The number of hydrogen-bond donors (Lipinski definition) is 1. The van der Waals surface area contributed by atoms with Gasteiger partial charge in [0.1, 0.15) is 0 Å². The minimum Gasteiger partial charge on any atom is -0.376 e. The molecule has 1 saturated heterocycles. The highest BCUT2D eigenvalue weighted by molar-refractivity contribution is 5.09. The molecule has 78 valence electrons. The first-order valence-corrected chi connectivity index (χ1v) is 5.09. The monoisotopic (exact) mass is 195 g/mol. The van der Waals surface area contributed by atoms with Crippen molar-refractivity contribution in [3.63, 3.8) is 0 Å². The largest absolute Gasteiger partial charge is 0.376 e. The second kappa shape index (κ2) is 4.11. The molecule has 1 aliphatic heterocycles. The van der Waals surface area contributed by atoms with E-state index < -0.39 is 0 Å². The summed E-state index contributed by atoms with van der Waals surface area (Å²) < 4.78 is 7.59. The average Bonchev–Trinajstić information content (AvgIpc) is 2.80. The van der Waals surface area contributed by atoms with Gasteiger partial charge in [-0.1, -0.05) is 0 Å². The molecule has 1 aliphatic rings. The van der Waals surface area contributed by atoms with Crippen LogP contribution in [0.4, 0.5) is 0 Å². The van der Waals surface area contributed by atoms with Gasteiger partial charge in [0.05, 0.1) is 17.8 Å². The Morgan fingerprint density at radius 1 is 1.71 bits per heavy atom. The predicted molar refractivity (Wildman–Crippen MR) is 54.0 cm³/mol. The molecule has 0 aromatic carbocycles. The Labute approximate surface area is 84.3 Å². The Bertz CT molecular complexity index is 291. The standard InChI is InChI=1S/C10H17N3O/c1-11-10(9-4-3-7-14-9)8-5-6-12-13(8)2/h5-6,9-11H,3-4,7H2,1-2H3. The smallest absolute Gasteiger partial charge is 0.0785 e. The summed E-state index contributed by atoms with van der Waals surface area (Å²) in [5, 5.41) is 7.48. The zero-order chi connectivity index (χ0) is 9.97. The normalized spacial score (nSPS) is 24.0. The molecule has 4 heteroatoms. The van der Waals surface area contributed by atoms with E-state index in [2.05, 4.69) is 10.4 Å². The summed E-state index contributed by atoms with van der Waals surface area (Å²) in [5.74, 6) is 0. The van der Waals surface area contributed by atoms with Crippen LogP contribution in [-0.4, -0.2) is 29.5 Å². The average molecular weight is 195 g/mol. The van der Waals surface area contributed by atoms with E-state index >= 15 is 0 Å². The molecule has 0 spiro atoms. The second-order valence-electron chi connectivity index (χ2n) is 3.70. The fraction of sp³-hybridized carbons (Fsp3) is 0.700. The lowest BCUT2D eigenvalue weighted by molar-refractivity contribution is 0.0783. The SMILES string of the molecule is CNC(c1ccnn1C)C1CCCO1. The fourth-order valence-corrected chi connectivity index (χ4v) is 2.08. The number of aromatic nitrogens is 2. The summed E-state index contributed by atoms with van der Waals surface area (Å²) in [6, 6.07) is 2.31. The zero-order valence-electron chi connectivity index (χ0n) is 8.73. The molecule has 0 radical (unpaired) electrons. The molecule has 1 fully saturated rings. The van der Waals surface area contributed by atoms with Crippen LogP contribution < -0.4 is 5.32 Å². The molecule has 2 unspecified atom stereocenters. The molecule has 1 N–H and O–H groups in total. The molecule has 0 saturated carbocycles. The number of hydrogen-bond acceptors (Lipinski definition) is 3. The maximum atomic E-state index is 5.68. The Kier molecular flexibility index (Phi) is 2.84. The van der Waals surface area contributed by atoms with Crippen molar-refractivity contribution in [2.75, 3.05) is 13.7 Å². The van der Waals surface area contributed by atoms with Crippen molar-refractivity contribution in [3.8, 4) is 0 Å². The lowest BCUT2D eigenvalue weighted by Crippen LogP contribution is -2.30. The van der Waals surface area contributed by atoms with Gasteiger partial charge in [0.15, 0.2) is 0 Å². The van der Waals surface area contributed by atoms with E-state index in [1.807, 2.05) is 31.0 Å². The van der Waals surface area contributed by atoms with Crippen LogP contribution in [-0.2, 0) is 11.8 Å². The van der Waals surface area contributed by atoms with Crippen LogP contribution in [0.1, 0.15) is 24.6 Å². The number of rotatable bonds is 3. The zero-order valence-corrected chi connectivity index (χ0v) is 8.73. The molecule has 0 amide bonds. The molecular weight excluding hydrogens is 178 g/mol. The van der Waals surface area contributed by atoms with Gasteiger partial charge in [-0.15, -0.1) is 0 Å². The minimum atomic E-state index is 0.269. The first kappa shape index (κ1) is 9.68. The van der Waals surface area contributed by atoms with E-state index in [9.17, 15) is 0 Å². The van der Waals surface area contributed by atoms with Gasteiger partial charge in [0, 0.05) is 19.9 Å². The van der Waals surface area contributed by atoms with Crippen molar-refractivity contribution in [3.05, 3.63) is 18.0 Å². The van der Waals surface area contributed by atoms with Crippen molar-refractivity contribution in [1.82, 2.24) is 15.1 Å². The first-order valence-electron chi connectivity index (χ1n) is 5.09. The van der Waals surface area contributed by atoms with Gasteiger partial charge in [-0.05, 0) is 26.0 Å². The van der Waals surface area contributed by atoms with E-state index in [-0.39, 0.29) is 6.04 Å². The van der Waals surface area contributed by atoms with Gasteiger partial charge in [0.2, 0.25) is 0 Å². The van der Waals surface area contributed by atoms with Crippen LogP contribution in [0, 0.1) is 0 Å². The summed E-state index contributed by atoms with van der Waals surface area (Å²) in [4.78, 5) is 0. The predicted octanol–water partition coefficient (Wildman–Crippen LogP) is 0.860. The van der Waals surface area contributed by atoms with E-state index in [1.165, 1.54) is 12.1 Å². The molecule has 0 aliphatic carbocycles. The Balaban J connectivity index is 2.16. The van der Waals surface area contributed by atoms with Crippen molar-refractivity contribution in [2.45, 2.75) is 25.0 Å². The highest BCUT2D eigenvalue weighted by Gasteiger charge is 2.27. The van der Waals surface area contributed by atoms with E-state index in [0.29, 0.717) is 6.10 Å². The molecular formula is C10H17N3O. The van der Waals surface area contributed by atoms with E-state index in [4.69, 9.17) is 4.74 Å². The third-order valence-corrected chi connectivity index (χ3v) is 2.83. The number of likely N-dealkylation sites (N-methyl/N-ethyl adjacent to an activating group) is 1. The summed E-state index contributed by atoms with van der Waals surface area (Å²) in [6.07, 6.45) is 4.43. The Morgan fingerprint density at radius 2 is 2.57 bits per heavy atom. The summed E-state index contributed by atoms with van der Waals surface area (Å²) in [6.45, 7) is 0.890. The quantitative estimate of drug-likeness (QED) is 0.777. The molecule has 2 rings (SSSR count). The Hall–Kier alpha value is -0.870. The molecule has 0 bridgehead atoms. The van der Waals surface area contributed by atoms with Crippen LogP contribution in [0.25, 0.3) is 0 Å². The van der Waals surface area contributed by atoms with Crippen molar-refractivity contribution in [1.29, 1.82) is 0 Å². The van der Waals surface area contributed by atoms with Gasteiger partial charge in [-0.3, -0.25) is 4.68 Å². The number of nitrogens with zero attached hydrogens (tertiary/aromatic N) is 2. The van der Waals surface area contributed by atoms with Crippen molar-refractivity contribution in [2.24, 2.45) is 7.05 Å². The summed E-state index contributed by atoms with van der Waals surface area (Å²) in [5.41, 5.74) is 1.19. The van der Waals surface area contributed by atoms with Crippen LogP contribution in [0.15, 0.2) is 12.3 Å². The summed E-state index contributed by atoms with van der Waals surface area (Å²) >= 11 is 0. The van der Waals surface area contributed by atoms with Gasteiger partial charge in [0.25, 0.3) is 0 Å². The maximum Gasteiger partial charge on any atom is 0.0785 e. The Morgan fingerprint density at radius 3 is 3.07 bits per heavy atom. The van der Waals surface area contributed by atoms with Crippen LogP contribution in [0.2, 0.25) is 0 Å². The molecule has 1 aromatic heterocycles. The van der Waals surface area contributed by atoms with E-state index in [1.54, 1.807) is 0 Å². The summed E-state index contributed by atoms with van der Waals surface area (Å²) in [7, 11) is 3.94. The van der Waals surface area contributed by atoms with Crippen molar-refractivity contribution < 1.29 is 4.74 Å². The van der Waals surface area contributed by atoms with E-state index in [0.717, 1.165) is 13.0 Å². The number of nitrogens with one attached hydrogen (secondary N) is 1. The fourth-order valence-electron chi connectivity index (χ4n) is 2.08. The highest BCUT2D eigenvalue weighted by atomic mass is 16.5. The van der Waals surface area contributed by atoms with Gasteiger partial charge < -0.3 is 10.1 Å². The molecule has 2 atom stereocenters. The van der Waals surface area contributed by atoms with Gasteiger partial charge in [-0.25, -0.2) is 0 Å². The van der Waals surface area contributed by atoms with Gasteiger partial charge >= 0.3 is 0 Å². The first-order chi connectivity index (χ1) is 6.83. The van der Waals surface area contributed by atoms with Gasteiger partial charge in [-0.2, -0.15) is 5.10 Å². The lowest BCUT2D eigenvalue weighted by atomic mass is 10.1. The molecule has 2 heterocycles. The maximum absolute atomic E-state index is 5.68. The highest BCUT2D eigenvalue weighted by Crippen LogP contribution is 2.25. The third kappa shape index (κ3) is 1.67. The second-order valence-corrected chi connectivity index (χ2v) is 3.70. The lowest BCUT2D eigenvalue weighted by Gasteiger charge is -2.22. The number of aryl methyl sites for hydroxylation is 1.